The number of rotatable bonds is 6. The average Bonchev–Trinajstić information content (AvgIpc) is 3.37. The fourth-order valence-electron chi connectivity index (χ4n) is 2.65. The Kier molecular flexibility index (Phi) is 4.81. The van der Waals surface area contributed by atoms with Crippen LogP contribution in [0.4, 0.5) is 5.69 Å². The molecule has 1 aliphatic rings. The van der Waals surface area contributed by atoms with E-state index in [0.717, 1.165) is 34.2 Å². The van der Waals surface area contributed by atoms with Gasteiger partial charge in [-0.05, 0) is 42.7 Å². The standard InChI is InChI=1S/C19H23N3O2/c1-13(22(2)12-18(23)20-16-9-10-16)19(24)21-17-8-7-14-5-3-4-6-15(14)11-17/h3-8,11,13,16H,9-10,12H2,1-2H3,(H,20,23)(H,21,24)/p+1/t13-/m0/s1. The Balaban J connectivity index is 1.58. The highest BCUT2D eigenvalue weighted by Gasteiger charge is 2.27. The lowest BCUT2D eigenvalue weighted by atomic mass is 10.1. The number of amides is 2. The SMILES string of the molecule is C[C@@H](C(=O)Nc1ccc2ccccc2c1)[NH+](C)CC(=O)NC1CC1. The summed E-state index contributed by atoms with van der Waals surface area (Å²) in [6, 6.07) is 14.0. The van der Waals surface area contributed by atoms with Crippen molar-refractivity contribution >= 4 is 28.3 Å². The van der Waals surface area contributed by atoms with E-state index in [9.17, 15) is 9.59 Å². The van der Waals surface area contributed by atoms with Crippen LogP contribution in [-0.2, 0) is 9.59 Å². The highest BCUT2D eigenvalue weighted by atomic mass is 16.2. The van der Waals surface area contributed by atoms with E-state index < -0.39 is 0 Å². The maximum atomic E-state index is 12.4. The van der Waals surface area contributed by atoms with Gasteiger partial charge in [0, 0.05) is 11.7 Å². The predicted molar refractivity (Wildman–Crippen MR) is 95.0 cm³/mol. The van der Waals surface area contributed by atoms with Crippen molar-refractivity contribution in [1.82, 2.24) is 5.32 Å². The summed E-state index contributed by atoms with van der Waals surface area (Å²) < 4.78 is 0. The van der Waals surface area contributed by atoms with Gasteiger partial charge in [-0.1, -0.05) is 30.3 Å². The molecule has 0 bridgehead atoms. The summed E-state index contributed by atoms with van der Waals surface area (Å²) in [5.41, 5.74) is 0.779. The van der Waals surface area contributed by atoms with Gasteiger partial charge < -0.3 is 15.5 Å². The zero-order valence-corrected chi connectivity index (χ0v) is 14.1. The molecule has 0 heterocycles. The van der Waals surface area contributed by atoms with Crippen LogP contribution in [0, 0.1) is 0 Å². The second kappa shape index (κ2) is 7.01. The van der Waals surface area contributed by atoms with Crippen LogP contribution in [0.1, 0.15) is 19.8 Å². The number of likely N-dealkylation sites (N-methyl/N-ethyl adjacent to an activating group) is 1. The molecule has 3 N–H and O–H groups in total. The molecule has 0 radical (unpaired) electrons. The predicted octanol–water partition coefficient (Wildman–Crippen LogP) is 0.960. The number of hydrogen-bond acceptors (Lipinski definition) is 2. The van der Waals surface area contributed by atoms with E-state index in [4.69, 9.17) is 0 Å². The second-order valence-electron chi connectivity index (χ2n) is 6.64. The number of fused-ring (bicyclic) bond motifs is 1. The van der Waals surface area contributed by atoms with Gasteiger partial charge in [-0.3, -0.25) is 9.59 Å². The largest absolute Gasteiger partial charge is 0.348 e. The molecule has 0 aromatic heterocycles. The summed E-state index contributed by atoms with van der Waals surface area (Å²) >= 11 is 0. The van der Waals surface area contributed by atoms with Gasteiger partial charge in [-0.15, -0.1) is 0 Å². The lowest BCUT2D eigenvalue weighted by Gasteiger charge is -2.20. The van der Waals surface area contributed by atoms with Gasteiger partial charge in [0.2, 0.25) is 0 Å². The third-order valence-corrected chi connectivity index (χ3v) is 4.53. The van der Waals surface area contributed by atoms with E-state index in [1.165, 1.54) is 0 Å². The van der Waals surface area contributed by atoms with Crippen LogP contribution in [-0.4, -0.2) is 37.5 Å². The van der Waals surface area contributed by atoms with Gasteiger partial charge in [0.1, 0.15) is 0 Å². The Bertz CT molecular complexity index is 755. The topological polar surface area (TPSA) is 62.6 Å². The fraction of sp³-hybridized carbons (Fsp3) is 0.368. The van der Waals surface area contributed by atoms with Crippen molar-refractivity contribution in [3.05, 3.63) is 42.5 Å². The van der Waals surface area contributed by atoms with Crippen LogP contribution in [0.15, 0.2) is 42.5 Å². The van der Waals surface area contributed by atoms with Gasteiger partial charge in [-0.25, -0.2) is 0 Å². The highest BCUT2D eigenvalue weighted by molar-refractivity contribution is 5.96. The molecule has 1 fully saturated rings. The summed E-state index contributed by atoms with van der Waals surface area (Å²) in [6.07, 6.45) is 2.14. The smallest absolute Gasteiger partial charge is 0.282 e. The minimum absolute atomic E-state index is 0.0142. The monoisotopic (exact) mass is 326 g/mol. The second-order valence-corrected chi connectivity index (χ2v) is 6.64. The lowest BCUT2D eigenvalue weighted by Crippen LogP contribution is -3.15. The van der Waals surface area contributed by atoms with Crippen molar-refractivity contribution in [1.29, 1.82) is 0 Å². The van der Waals surface area contributed by atoms with E-state index >= 15 is 0 Å². The van der Waals surface area contributed by atoms with E-state index in [0.29, 0.717) is 12.6 Å². The molecule has 1 unspecified atom stereocenters. The average molecular weight is 326 g/mol. The van der Waals surface area contributed by atoms with Crippen LogP contribution in [0.3, 0.4) is 0 Å². The molecule has 0 spiro atoms. The molecule has 5 nitrogen and oxygen atoms in total. The lowest BCUT2D eigenvalue weighted by molar-refractivity contribution is -0.885. The van der Waals surface area contributed by atoms with Gasteiger partial charge in [0.05, 0.1) is 7.05 Å². The third kappa shape index (κ3) is 4.11. The first kappa shape index (κ1) is 16.5. The molecule has 126 valence electrons. The Morgan fingerprint density at radius 3 is 2.58 bits per heavy atom. The Hall–Kier alpha value is -2.40. The van der Waals surface area contributed by atoms with Crippen molar-refractivity contribution in [3.8, 4) is 0 Å². The maximum Gasteiger partial charge on any atom is 0.282 e. The number of carbonyl (C=O) groups excluding carboxylic acids is 2. The molecular weight excluding hydrogens is 302 g/mol. The number of quaternary nitrogens is 1. The van der Waals surface area contributed by atoms with Gasteiger partial charge in [0.25, 0.3) is 11.8 Å². The van der Waals surface area contributed by atoms with Crippen LogP contribution in [0.25, 0.3) is 10.8 Å². The van der Waals surface area contributed by atoms with Crippen LogP contribution >= 0.6 is 0 Å². The molecule has 24 heavy (non-hydrogen) atoms. The van der Waals surface area contributed by atoms with Crippen LogP contribution in [0.2, 0.25) is 0 Å². The fourth-order valence-corrected chi connectivity index (χ4v) is 2.65. The molecular formula is C19H24N3O2+. The molecule has 3 rings (SSSR count). The van der Waals surface area contributed by atoms with Crippen molar-refractivity contribution in [3.63, 3.8) is 0 Å². The summed E-state index contributed by atoms with van der Waals surface area (Å²) in [4.78, 5) is 25.2. The molecule has 0 saturated heterocycles. The summed E-state index contributed by atoms with van der Waals surface area (Å²) in [6.45, 7) is 2.15. The zero-order chi connectivity index (χ0) is 17.1. The number of anilines is 1. The Labute approximate surface area is 142 Å². The first-order valence-electron chi connectivity index (χ1n) is 8.44. The van der Waals surface area contributed by atoms with E-state index in [-0.39, 0.29) is 17.9 Å². The summed E-state index contributed by atoms with van der Waals surface area (Å²) in [5, 5.41) is 8.14. The molecule has 2 aromatic rings. The van der Waals surface area contributed by atoms with Gasteiger partial charge in [0.15, 0.2) is 12.6 Å². The first-order chi connectivity index (χ1) is 11.5. The van der Waals surface area contributed by atoms with E-state index in [2.05, 4.69) is 10.6 Å². The quantitative estimate of drug-likeness (QED) is 0.740. The van der Waals surface area contributed by atoms with Crippen molar-refractivity contribution < 1.29 is 14.5 Å². The van der Waals surface area contributed by atoms with Gasteiger partial charge >= 0.3 is 0 Å². The van der Waals surface area contributed by atoms with E-state index in [1.807, 2.05) is 56.4 Å². The van der Waals surface area contributed by atoms with Gasteiger partial charge in [-0.2, -0.15) is 0 Å². The number of nitrogens with one attached hydrogen (secondary N) is 3. The number of carbonyl (C=O) groups is 2. The molecule has 2 aromatic carbocycles. The zero-order valence-electron chi connectivity index (χ0n) is 14.1. The van der Waals surface area contributed by atoms with E-state index in [1.54, 1.807) is 0 Å². The van der Waals surface area contributed by atoms with Crippen molar-refractivity contribution in [2.75, 3.05) is 18.9 Å². The molecule has 2 atom stereocenters. The molecule has 0 aliphatic heterocycles. The Morgan fingerprint density at radius 1 is 1.17 bits per heavy atom. The normalized spacial score (nSPS) is 16.4. The maximum absolute atomic E-state index is 12.4. The van der Waals surface area contributed by atoms with Crippen LogP contribution < -0.4 is 15.5 Å². The number of benzene rings is 2. The van der Waals surface area contributed by atoms with Crippen molar-refractivity contribution in [2.45, 2.75) is 31.8 Å². The van der Waals surface area contributed by atoms with Crippen LogP contribution in [0.5, 0.6) is 0 Å². The summed E-state index contributed by atoms with van der Waals surface area (Å²) in [7, 11) is 1.87. The third-order valence-electron chi connectivity index (χ3n) is 4.53. The molecule has 1 saturated carbocycles. The first-order valence-corrected chi connectivity index (χ1v) is 8.44. The minimum Gasteiger partial charge on any atom is -0.348 e. The molecule has 5 heteroatoms. The highest BCUT2D eigenvalue weighted by Crippen LogP contribution is 2.19. The molecule has 2 amide bonds. The summed E-state index contributed by atoms with van der Waals surface area (Å²) in [5.74, 6) is -0.0673. The molecule has 1 aliphatic carbocycles. The number of hydrogen-bond donors (Lipinski definition) is 3. The van der Waals surface area contributed by atoms with Crippen molar-refractivity contribution in [2.24, 2.45) is 0 Å². The Morgan fingerprint density at radius 2 is 1.88 bits per heavy atom. The minimum atomic E-state index is -0.304.